The molecule has 1 aliphatic carbocycles. The Labute approximate surface area is 189 Å². The van der Waals surface area contributed by atoms with E-state index in [0.29, 0.717) is 11.2 Å². The summed E-state index contributed by atoms with van der Waals surface area (Å²) in [5.74, 6) is -0.232. The normalized spacial score (nSPS) is 15.1. The third-order valence-electron chi connectivity index (χ3n) is 6.32. The molecule has 0 saturated carbocycles. The maximum absolute atomic E-state index is 13.1. The van der Waals surface area contributed by atoms with Gasteiger partial charge in [0.1, 0.15) is 18.4 Å². The number of rotatable bonds is 4. The maximum Gasteiger partial charge on any atom is 0.293 e. The van der Waals surface area contributed by atoms with E-state index in [1.54, 1.807) is 6.07 Å². The number of benzene rings is 3. The van der Waals surface area contributed by atoms with Crippen molar-refractivity contribution >= 4 is 22.2 Å². The van der Waals surface area contributed by atoms with Gasteiger partial charge in [0.2, 0.25) is 5.91 Å². The van der Waals surface area contributed by atoms with Crippen LogP contribution in [0.5, 0.6) is 0 Å². The first-order chi connectivity index (χ1) is 16.2. The fourth-order valence-electron chi connectivity index (χ4n) is 4.71. The number of nitrogens with one attached hydrogen (secondary N) is 1. The van der Waals surface area contributed by atoms with Crippen LogP contribution in [0.3, 0.4) is 0 Å². The first kappa shape index (κ1) is 19.4. The molecule has 1 N–H and O–H groups in total. The minimum atomic E-state index is -0.349. The Morgan fingerprint density at radius 3 is 2.79 bits per heavy atom. The summed E-state index contributed by atoms with van der Waals surface area (Å²) in [6.45, 7) is -0.136. The number of amides is 1. The van der Waals surface area contributed by atoms with E-state index in [4.69, 9.17) is 0 Å². The van der Waals surface area contributed by atoms with Crippen molar-refractivity contribution in [2.75, 3.05) is 0 Å². The molecule has 7 heteroatoms. The van der Waals surface area contributed by atoms with Gasteiger partial charge in [-0.15, -0.1) is 0 Å². The minimum absolute atomic E-state index is 0.0268. The minimum Gasteiger partial charge on any atom is -0.348 e. The molecule has 1 aliphatic rings. The lowest BCUT2D eigenvalue weighted by molar-refractivity contribution is -0.122. The van der Waals surface area contributed by atoms with Crippen molar-refractivity contribution in [2.45, 2.75) is 25.4 Å². The molecule has 162 valence electrons. The molecule has 0 spiro atoms. The van der Waals surface area contributed by atoms with E-state index >= 15 is 0 Å². The summed E-state index contributed by atoms with van der Waals surface area (Å²) in [6, 6.07) is 23.9. The van der Waals surface area contributed by atoms with Crippen LogP contribution in [-0.4, -0.2) is 25.3 Å². The molecule has 3 aromatic carbocycles. The van der Waals surface area contributed by atoms with E-state index in [9.17, 15) is 9.59 Å². The molecule has 2 heterocycles. The van der Waals surface area contributed by atoms with Gasteiger partial charge in [-0.1, -0.05) is 66.7 Å². The molecule has 1 atom stereocenters. The lowest BCUT2D eigenvalue weighted by Gasteiger charge is -2.14. The van der Waals surface area contributed by atoms with Crippen molar-refractivity contribution in [1.29, 1.82) is 0 Å². The van der Waals surface area contributed by atoms with Gasteiger partial charge in [0.25, 0.3) is 5.56 Å². The lowest BCUT2D eigenvalue weighted by atomic mass is 10.0. The molecular formula is C26H21N5O2. The van der Waals surface area contributed by atoms with E-state index < -0.39 is 0 Å². The second-order valence-corrected chi connectivity index (χ2v) is 8.34. The molecule has 0 saturated heterocycles. The Balaban J connectivity index is 1.29. The number of hydrogen-bond donors (Lipinski definition) is 1. The van der Waals surface area contributed by atoms with Crippen LogP contribution >= 0.6 is 0 Å². The number of carbonyl (C=O) groups excluding carboxylic acids is 1. The molecular weight excluding hydrogens is 414 g/mol. The van der Waals surface area contributed by atoms with Crippen molar-refractivity contribution < 1.29 is 4.79 Å². The maximum atomic E-state index is 13.1. The number of aromatic nitrogens is 4. The predicted molar refractivity (Wildman–Crippen MR) is 126 cm³/mol. The molecule has 7 nitrogen and oxygen atoms in total. The van der Waals surface area contributed by atoms with E-state index in [-0.39, 0.29) is 24.1 Å². The van der Waals surface area contributed by atoms with Gasteiger partial charge in [0.05, 0.1) is 11.7 Å². The quantitative estimate of drug-likeness (QED) is 0.468. The van der Waals surface area contributed by atoms with Crippen molar-refractivity contribution in [2.24, 2.45) is 0 Å². The van der Waals surface area contributed by atoms with Crippen molar-refractivity contribution in [1.82, 2.24) is 24.7 Å². The zero-order valence-electron chi connectivity index (χ0n) is 17.8. The third kappa shape index (κ3) is 3.38. The predicted octanol–water partition coefficient (Wildman–Crippen LogP) is 3.51. The molecule has 1 amide bonds. The van der Waals surface area contributed by atoms with E-state index in [2.05, 4.69) is 21.6 Å². The van der Waals surface area contributed by atoms with Crippen molar-refractivity contribution in [3.05, 3.63) is 101 Å². The summed E-state index contributed by atoms with van der Waals surface area (Å²) in [5.41, 5.74) is 4.08. The Bertz CT molecular complexity index is 1580. The van der Waals surface area contributed by atoms with E-state index in [1.807, 2.05) is 60.7 Å². The average Bonchev–Trinajstić information content (AvgIpc) is 3.46. The van der Waals surface area contributed by atoms with E-state index in [0.717, 1.165) is 34.7 Å². The monoisotopic (exact) mass is 435 g/mol. The zero-order valence-corrected chi connectivity index (χ0v) is 17.8. The lowest BCUT2D eigenvalue weighted by Crippen LogP contribution is -2.35. The smallest absolute Gasteiger partial charge is 0.293 e. The SMILES string of the molecule is O=C(Cn1ncn2nc(-c3cccc4ccccc34)cc2c1=O)N[C@@H]1CCc2ccccc21. The summed E-state index contributed by atoms with van der Waals surface area (Å²) in [5, 5.41) is 14.0. The van der Waals surface area contributed by atoms with Gasteiger partial charge in [0.15, 0.2) is 0 Å². The molecule has 6 rings (SSSR count). The highest BCUT2D eigenvalue weighted by Gasteiger charge is 2.23. The van der Waals surface area contributed by atoms with Crippen molar-refractivity contribution in [3.8, 4) is 11.3 Å². The first-order valence-corrected chi connectivity index (χ1v) is 11.0. The summed E-state index contributed by atoms with van der Waals surface area (Å²) in [4.78, 5) is 25.8. The number of carbonyl (C=O) groups is 1. The molecule has 2 aromatic heterocycles. The molecule has 0 unspecified atom stereocenters. The zero-order chi connectivity index (χ0) is 22.4. The number of fused-ring (bicyclic) bond motifs is 3. The molecule has 0 fully saturated rings. The van der Waals surface area contributed by atoms with Crippen molar-refractivity contribution in [3.63, 3.8) is 0 Å². The molecule has 0 aliphatic heterocycles. The van der Waals surface area contributed by atoms with Gasteiger partial charge in [-0.2, -0.15) is 10.2 Å². The van der Waals surface area contributed by atoms with Gasteiger partial charge >= 0.3 is 0 Å². The second kappa shape index (κ2) is 7.70. The topological polar surface area (TPSA) is 81.3 Å². The Morgan fingerprint density at radius 2 is 1.85 bits per heavy atom. The van der Waals surface area contributed by atoms with E-state index in [1.165, 1.54) is 21.1 Å². The third-order valence-corrected chi connectivity index (χ3v) is 6.32. The van der Waals surface area contributed by atoms with Crippen LogP contribution in [0.1, 0.15) is 23.6 Å². The molecule has 0 radical (unpaired) electrons. The van der Waals surface area contributed by atoms with Gasteiger partial charge in [0, 0.05) is 5.56 Å². The van der Waals surface area contributed by atoms with Crippen LogP contribution in [0.15, 0.2) is 83.9 Å². The Morgan fingerprint density at radius 1 is 1.03 bits per heavy atom. The van der Waals surface area contributed by atoms with Crippen LogP contribution < -0.4 is 10.9 Å². The summed E-state index contributed by atoms with van der Waals surface area (Å²) >= 11 is 0. The molecule has 0 bridgehead atoms. The summed E-state index contributed by atoms with van der Waals surface area (Å²) < 4.78 is 2.67. The highest BCUT2D eigenvalue weighted by Crippen LogP contribution is 2.30. The van der Waals surface area contributed by atoms with Crippen LogP contribution in [0.4, 0.5) is 0 Å². The number of nitrogens with zero attached hydrogens (tertiary/aromatic N) is 4. The second-order valence-electron chi connectivity index (χ2n) is 8.34. The van der Waals surface area contributed by atoms with Crippen LogP contribution in [-0.2, 0) is 17.8 Å². The molecule has 33 heavy (non-hydrogen) atoms. The standard InChI is InChI=1S/C26H21N5O2/c32-25(28-22-13-12-18-7-2-4-10-20(18)22)15-30-26(33)24-14-23(29-31(24)16-27-30)21-11-5-8-17-6-1-3-9-19(17)21/h1-11,14,16,22H,12-13,15H2,(H,28,32)/t22-/m1/s1. The highest BCUT2D eigenvalue weighted by atomic mass is 16.2. The van der Waals surface area contributed by atoms with Gasteiger partial charge in [-0.05, 0) is 40.8 Å². The fourth-order valence-corrected chi connectivity index (χ4v) is 4.71. The average molecular weight is 435 g/mol. The number of aryl methyl sites for hydroxylation is 1. The van der Waals surface area contributed by atoms with Crippen LogP contribution in [0.2, 0.25) is 0 Å². The van der Waals surface area contributed by atoms with Gasteiger partial charge < -0.3 is 5.32 Å². The first-order valence-electron chi connectivity index (χ1n) is 11.0. The fraction of sp³-hybridized carbons (Fsp3) is 0.154. The molecule has 5 aromatic rings. The number of hydrogen-bond acceptors (Lipinski definition) is 4. The Hall–Kier alpha value is -4.26. The Kier molecular flexibility index (Phi) is 4.54. The van der Waals surface area contributed by atoms with Gasteiger partial charge in [-0.25, -0.2) is 9.20 Å². The largest absolute Gasteiger partial charge is 0.348 e. The highest BCUT2D eigenvalue weighted by molar-refractivity contribution is 5.96. The van der Waals surface area contributed by atoms with Crippen LogP contribution in [0.25, 0.3) is 27.5 Å². The summed E-state index contributed by atoms with van der Waals surface area (Å²) in [7, 11) is 0. The summed E-state index contributed by atoms with van der Waals surface area (Å²) in [6.07, 6.45) is 3.28. The van der Waals surface area contributed by atoms with Gasteiger partial charge in [-0.3, -0.25) is 9.59 Å². The van der Waals surface area contributed by atoms with Crippen LogP contribution in [0, 0.1) is 0 Å².